The van der Waals surface area contributed by atoms with Crippen molar-refractivity contribution in [2.75, 3.05) is 33.2 Å². The first-order chi connectivity index (χ1) is 10.1. The van der Waals surface area contributed by atoms with Crippen molar-refractivity contribution in [2.45, 2.75) is 6.92 Å². The number of carbonyl (C=O) groups is 1. The largest absolute Gasteiger partial charge is 0.447 e. The molecule has 1 fully saturated rings. The van der Waals surface area contributed by atoms with E-state index in [1.807, 2.05) is 12.1 Å². The molecule has 0 aliphatic carbocycles. The molecule has 1 aromatic carbocycles. The van der Waals surface area contributed by atoms with E-state index in [9.17, 15) is 9.18 Å². The summed E-state index contributed by atoms with van der Waals surface area (Å²) in [6, 6.07) is 4.69. The minimum atomic E-state index is -0.450. The fraction of sp³-hybridized carbons (Fsp3) is 0.400. The number of carbonyl (C=O) groups excluding carboxylic acids is 1. The first-order valence-electron chi connectivity index (χ1n) is 6.98. The average molecular weight is 291 g/mol. The van der Waals surface area contributed by atoms with Crippen molar-refractivity contribution in [1.82, 2.24) is 15.3 Å². The van der Waals surface area contributed by atoms with Gasteiger partial charge < -0.3 is 9.32 Å². The molecule has 2 heterocycles. The maximum absolute atomic E-state index is 13.7. The van der Waals surface area contributed by atoms with Crippen LogP contribution in [0.1, 0.15) is 16.1 Å². The number of hydrogen-bond donors (Lipinski definition) is 1. The Morgan fingerprint density at radius 1 is 1.29 bits per heavy atom. The van der Waals surface area contributed by atoms with Crippen LogP contribution in [-0.2, 0) is 0 Å². The first-order valence-corrected chi connectivity index (χ1v) is 6.98. The Balaban J connectivity index is 1.82. The Labute approximate surface area is 122 Å². The zero-order valence-corrected chi connectivity index (χ0v) is 12.1. The van der Waals surface area contributed by atoms with Gasteiger partial charge in [0.1, 0.15) is 0 Å². The summed E-state index contributed by atoms with van der Waals surface area (Å²) in [7, 11) is 2.05. The summed E-state index contributed by atoms with van der Waals surface area (Å²) in [5, 5.41) is 2.50. The molecule has 0 saturated carbocycles. The standard InChI is InChI=1S/C15H18FN3O2/c1-10-11-4-3-5-12(16)14(11)21-13(10)15(20)17-19-8-6-18(2)7-9-19/h3-5H,6-9H2,1-2H3,(H,17,20). The van der Waals surface area contributed by atoms with Gasteiger partial charge in [-0.1, -0.05) is 12.1 Å². The van der Waals surface area contributed by atoms with Crippen LogP contribution in [0.4, 0.5) is 4.39 Å². The highest BCUT2D eigenvalue weighted by Gasteiger charge is 2.22. The fourth-order valence-electron chi connectivity index (χ4n) is 2.54. The molecule has 0 spiro atoms. The number of fused-ring (bicyclic) bond motifs is 1. The van der Waals surface area contributed by atoms with Crippen molar-refractivity contribution in [3.63, 3.8) is 0 Å². The van der Waals surface area contributed by atoms with Gasteiger partial charge in [-0.25, -0.2) is 9.40 Å². The number of amides is 1. The van der Waals surface area contributed by atoms with E-state index in [4.69, 9.17) is 4.42 Å². The van der Waals surface area contributed by atoms with E-state index in [-0.39, 0.29) is 17.3 Å². The lowest BCUT2D eigenvalue weighted by Gasteiger charge is -2.32. The third-order valence-corrected chi connectivity index (χ3v) is 3.88. The molecule has 1 N–H and O–H groups in total. The lowest BCUT2D eigenvalue weighted by molar-refractivity contribution is 0.0638. The van der Waals surface area contributed by atoms with E-state index in [1.54, 1.807) is 19.1 Å². The number of likely N-dealkylation sites (N-methyl/N-ethyl adjacent to an activating group) is 1. The maximum atomic E-state index is 13.7. The lowest BCUT2D eigenvalue weighted by Crippen LogP contribution is -2.52. The number of nitrogens with one attached hydrogen (secondary N) is 1. The summed E-state index contributed by atoms with van der Waals surface area (Å²) in [4.78, 5) is 14.5. The number of rotatable bonds is 2. The van der Waals surface area contributed by atoms with Crippen LogP contribution >= 0.6 is 0 Å². The Bertz CT molecular complexity index is 675. The number of para-hydroxylation sites is 1. The van der Waals surface area contributed by atoms with Crippen molar-refractivity contribution in [2.24, 2.45) is 0 Å². The minimum Gasteiger partial charge on any atom is -0.447 e. The van der Waals surface area contributed by atoms with E-state index < -0.39 is 5.82 Å². The van der Waals surface area contributed by atoms with Gasteiger partial charge in [-0.05, 0) is 20.0 Å². The second-order valence-corrected chi connectivity index (χ2v) is 5.40. The summed E-state index contributed by atoms with van der Waals surface area (Å²) in [6.45, 7) is 5.08. The van der Waals surface area contributed by atoms with Gasteiger partial charge >= 0.3 is 5.91 Å². The molecule has 112 valence electrons. The van der Waals surface area contributed by atoms with Crippen molar-refractivity contribution < 1.29 is 13.6 Å². The van der Waals surface area contributed by atoms with E-state index in [0.717, 1.165) is 26.2 Å². The summed E-state index contributed by atoms with van der Waals surface area (Å²) in [5.74, 6) is -0.601. The molecule has 0 unspecified atom stereocenters. The smallest absolute Gasteiger partial charge is 0.301 e. The van der Waals surface area contributed by atoms with Crippen molar-refractivity contribution >= 4 is 16.9 Å². The van der Waals surface area contributed by atoms with Gasteiger partial charge in [0.15, 0.2) is 17.2 Å². The molecule has 1 aromatic heterocycles. The molecule has 1 aliphatic heterocycles. The molecule has 0 bridgehead atoms. The average Bonchev–Trinajstić information content (AvgIpc) is 2.81. The quantitative estimate of drug-likeness (QED) is 0.916. The van der Waals surface area contributed by atoms with Crippen LogP contribution in [-0.4, -0.2) is 49.0 Å². The normalized spacial score (nSPS) is 17.3. The van der Waals surface area contributed by atoms with E-state index in [2.05, 4.69) is 10.3 Å². The van der Waals surface area contributed by atoms with Crippen LogP contribution in [0, 0.1) is 12.7 Å². The van der Waals surface area contributed by atoms with Gasteiger partial charge in [0.2, 0.25) is 0 Å². The number of furan rings is 1. The van der Waals surface area contributed by atoms with Crippen LogP contribution in [0.15, 0.2) is 22.6 Å². The molecule has 1 amide bonds. The second-order valence-electron chi connectivity index (χ2n) is 5.40. The minimum absolute atomic E-state index is 0.138. The van der Waals surface area contributed by atoms with Crippen molar-refractivity contribution in [3.05, 3.63) is 35.3 Å². The van der Waals surface area contributed by atoms with Gasteiger partial charge in [0, 0.05) is 37.1 Å². The molecule has 2 aromatic rings. The number of hydrazine groups is 1. The summed E-state index contributed by atoms with van der Waals surface area (Å²) < 4.78 is 19.1. The predicted octanol–water partition coefficient (Wildman–Crippen LogP) is 1.77. The summed E-state index contributed by atoms with van der Waals surface area (Å²) >= 11 is 0. The van der Waals surface area contributed by atoms with Crippen LogP contribution in [0.25, 0.3) is 11.0 Å². The van der Waals surface area contributed by atoms with E-state index >= 15 is 0 Å². The Morgan fingerprint density at radius 3 is 2.67 bits per heavy atom. The third kappa shape index (κ3) is 2.64. The summed E-state index contributed by atoms with van der Waals surface area (Å²) in [6.07, 6.45) is 0. The highest BCUT2D eigenvalue weighted by molar-refractivity contribution is 5.98. The maximum Gasteiger partial charge on any atom is 0.301 e. The predicted molar refractivity (Wildman–Crippen MR) is 77.4 cm³/mol. The number of halogens is 1. The number of piperazine rings is 1. The Kier molecular flexibility index (Phi) is 3.65. The molecule has 21 heavy (non-hydrogen) atoms. The molecule has 6 heteroatoms. The van der Waals surface area contributed by atoms with Crippen molar-refractivity contribution in [1.29, 1.82) is 0 Å². The molecular formula is C15H18FN3O2. The molecule has 1 aliphatic rings. The fourth-order valence-corrected chi connectivity index (χ4v) is 2.54. The number of hydrogen-bond acceptors (Lipinski definition) is 4. The summed E-state index contributed by atoms with van der Waals surface area (Å²) in [5.41, 5.74) is 3.63. The van der Waals surface area contributed by atoms with Gasteiger partial charge in [0.05, 0.1) is 0 Å². The monoisotopic (exact) mass is 291 g/mol. The molecule has 0 atom stereocenters. The lowest BCUT2D eigenvalue weighted by atomic mass is 10.1. The van der Waals surface area contributed by atoms with Crippen LogP contribution in [0.3, 0.4) is 0 Å². The SMILES string of the molecule is Cc1c(C(=O)NN2CCN(C)CC2)oc2c(F)cccc12. The highest BCUT2D eigenvalue weighted by atomic mass is 19.1. The van der Waals surface area contributed by atoms with Gasteiger partial charge in [-0.15, -0.1) is 0 Å². The van der Waals surface area contributed by atoms with Gasteiger partial charge in [-0.3, -0.25) is 10.2 Å². The topological polar surface area (TPSA) is 48.7 Å². The zero-order chi connectivity index (χ0) is 15.0. The molecule has 5 nitrogen and oxygen atoms in total. The molecule has 1 saturated heterocycles. The van der Waals surface area contributed by atoms with Crippen LogP contribution in [0.5, 0.6) is 0 Å². The van der Waals surface area contributed by atoms with E-state index in [1.165, 1.54) is 6.07 Å². The van der Waals surface area contributed by atoms with Crippen molar-refractivity contribution in [3.8, 4) is 0 Å². The van der Waals surface area contributed by atoms with Crippen LogP contribution in [0.2, 0.25) is 0 Å². The van der Waals surface area contributed by atoms with E-state index in [0.29, 0.717) is 10.9 Å². The molecular weight excluding hydrogens is 273 g/mol. The number of aryl methyl sites for hydroxylation is 1. The second kappa shape index (κ2) is 5.46. The molecule has 0 radical (unpaired) electrons. The third-order valence-electron chi connectivity index (χ3n) is 3.88. The van der Waals surface area contributed by atoms with Gasteiger partial charge in [-0.2, -0.15) is 0 Å². The zero-order valence-electron chi connectivity index (χ0n) is 12.1. The number of benzene rings is 1. The van der Waals surface area contributed by atoms with Crippen LogP contribution < -0.4 is 5.43 Å². The molecule has 3 rings (SSSR count). The Morgan fingerprint density at radius 2 is 2.00 bits per heavy atom. The first kappa shape index (κ1) is 14.0. The highest BCUT2D eigenvalue weighted by Crippen LogP contribution is 2.27. The number of nitrogens with zero attached hydrogens (tertiary/aromatic N) is 2. The van der Waals surface area contributed by atoms with Gasteiger partial charge in [0.25, 0.3) is 0 Å². The Hall–Kier alpha value is -1.92.